The first kappa shape index (κ1) is 13.4. The smallest absolute Gasteiger partial charge is 0.166 e. The average molecular weight is 306 g/mol. The Hall–Kier alpha value is -1.60. The van der Waals surface area contributed by atoms with Crippen LogP contribution in [0.5, 0.6) is 5.75 Å². The molecule has 0 unspecified atom stereocenters. The number of rotatable bonds is 5. The maximum absolute atomic E-state index is 5.48. The molecule has 7 heteroatoms. The van der Waals surface area contributed by atoms with Crippen LogP contribution in [0.25, 0.3) is 11.0 Å². The Balaban J connectivity index is 1.75. The van der Waals surface area contributed by atoms with E-state index in [0.29, 0.717) is 6.61 Å². The van der Waals surface area contributed by atoms with E-state index in [1.54, 1.807) is 23.1 Å². The molecule has 0 radical (unpaired) electrons. The van der Waals surface area contributed by atoms with Crippen molar-refractivity contribution in [2.45, 2.75) is 24.8 Å². The number of fused-ring (bicyclic) bond motifs is 1. The first-order valence-electron chi connectivity index (χ1n) is 6.29. The van der Waals surface area contributed by atoms with Gasteiger partial charge in [-0.3, -0.25) is 0 Å². The van der Waals surface area contributed by atoms with Crippen molar-refractivity contribution in [3.8, 4) is 5.75 Å². The lowest BCUT2D eigenvalue weighted by atomic mass is 10.3. The third kappa shape index (κ3) is 2.94. The van der Waals surface area contributed by atoms with Crippen LogP contribution in [-0.4, -0.2) is 26.8 Å². The molecule has 2 aromatic heterocycles. The van der Waals surface area contributed by atoms with Crippen molar-refractivity contribution in [2.75, 3.05) is 6.61 Å². The summed E-state index contributed by atoms with van der Waals surface area (Å²) >= 11 is 3.25. The van der Waals surface area contributed by atoms with Crippen LogP contribution < -0.4 is 4.74 Å². The first-order chi connectivity index (χ1) is 9.74. The Bertz CT molecular complexity index is 722. The predicted molar refractivity (Wildman–Crippen MR) is 81.5 cm³/mol. The van der Waals surface area contributed by atoms with Crippen LogP contribution in [0.15, 0.2) is 23.4 Å². The van der Waals surface area contributed by atoms with Crippen LogP contribution in [0.2, 0.25) is 0 Å². The maximum atomic E-state index is 5.48. The largest absolute Gasteiger partial charge is 0.494 e. The van der Waals surface area contributed by atoms with Gasteiger partial charge in [0.25, 0.3) is 0 Å². The molecule has 0 aliphatic heterocycles. The van der Waals surface area contributed by atoms with Crippen molar-refractivity contribution in [1.82, 2.24) is 20.2 Å². The number of nitrogens with one attached hydrogen (secondary N) is 1. The summed E-state index contributed by atoms with van der Waals surface area (Å²) in [6, 6.07) is 5.89. The zero-order valence-electron chi connectivity index (χ0n) is 11.2. The van der Waals surface area contributed by atoms with Crippen LogP contribution in [0.1, 0.15) is 16.9 Å². The minimum absolute atomic E-state index is 0.664. The van der Waals surface area contributed by atoms with Gasteiger partial charge < -0.3 is 9.72 Å². The Morgan fingerprint density at radius 3 is 3.00 bits per heavy atom. The van der Waals surface area contributed by atoms with E-state index in [1.165, 1.54) is 0 Å². The molecule has 104 valence electrons. The van der Waals surface area contributed by atoms with Crippen molar-refractivity contribution < 1.29 is 4.74 Å². The van der Waals surface area contributed by atoms with Gasteiger partial charge in [0.05, 0.1) is 23.4 Å². The van der Waals surface area contributed by atoms with Crippen LogP contribution >= 0.6 is 23.1 Å². The van der Waals surface area contributed by atoms with E-state index < -0.39 is 0 Å². The maximum Gasteiger partial charge on any atom is 0.166 e. The molecule has 1 N–H and O–H groups in total. The molecule has 1 aromatic carbocycles. The summed E-state index contributed by atoms with van der Waals surface area (Å²) in [7, 11) is 0. The van der Waals surface area contributed by atoms with E-state index in [1.807, 2.05) is 32.0 Å². The van der Waals surface area contributed by atoms with Crippen LogP contribution in [-0.2, 0) is 5.75 Å². The van der Waals surface area contributed by atoms with Crippen molar-refractivity contribution in [3.05, 3.63) is 28.2 Å². The number of aromatic nitrogens is 4. The highest BCUT2D eigenvalue weighted by atomic mass is 32.2. The van der Waals surface area contributed by atoms with E-state index >= 15 is 0 Å². The molecule has 2 heterocycles. The quantitative estimate of drug-likeness (QED) is 0.732. The van der Waals surface area contributed by atoms with Crippen molar-refractivity contribution in [1.29, 1.82) is 0 Å². The van der Waals surface area contributed by atoms with Crippen LogP contribution in [0.3, 0.4) is 0 Å². The minimum Gasteiger partial charge on any atom is -0.494 e. The lowest BCUT2D eigenvalue weighted by molar-refractivity contribution is 0.340. The summed E-state index contributed by atoms with van der Waals surface area (Å²) in [5.41, 5.74) is 1.94. The summed E-state index contributed by atoms with van der Waals surface area (Å²) in [5, 5.41) is 11.0. The number of hydrogen-bond acceptors (Lipinski definition) is 6. The summed E-state index contributed by atoms with van der Waals surface area (Å²) in [6.07, 6.45) is 0. The summed E-state index contributed by atoms with van der Waals surface area (Å²) < 4.78 is 5.48. The van der Waals surface area contributed by atoms with Crippen molar-refractivity contribution >= 4 is 34.1 Å². The number of hydrogen-bond donors (Lipinski definition) is 1. The van der Waals surface area contributed by atoms with Gasteiger partial charge in [-0.1, -0.05) is 11.8 Å². The van der Waals surface area contributed by atoms with Crippen molar-refractivity contribution in [2.24, 2.45) is 0 Å². The lowest BCUT2D eigenvalue weighted by Gasteiger charge is -2.00. The number of H-pyrrole nitrogens is 1. The van der Waals surface area contributed by atoms with Crippen LogP contribution in [0, 0.1) is 6.92 Å². The number of thioether (sulfide) groups is 1. The highest BCUT2D eigenvalue weighted by Crippen LogP contribution is 2.26. The van der Waals surface area contributed by atoms with Gasteiger partial charge in [-0.2, -0.15) is 0 Å². The number of imidazole rings is 1. The Kier molecular flexibility index (Phi) is 3.88. The molecular formula is C13H14N4OS2. The number of benzene rings is 1. The fourth-order valence-corrected chi connectivity index (χ4v) is 3.40. The third-order valence-electron chi connectivity index (χ3n) is 2.64. The molecule has 3 rings (SSSR count). The highest BCUT2D eigenvalue weighted by molar-refractivity contribution is 7.98. The molecule has 0 amide bonds. The highest BCUT2D eigenvalue weighted by Gasteiger charge is 2.07. The molecule has 0 aliphatic rings. The van der Waals surface area contributed by atoms with E-state index in [9.17, 15) is 0 Å². The van der Waals surface area contributed by atoms with Gasteiger partial charge in [0.2, 0.25) is 0 Å². The second kappa shape index (κ2) is 5.80. The normalized spacial score (nSPS) is 11.1. The fourth-order valence-electron chi connectivity index (χ4n) is 1.82. The number of ether oxygens (including phenoxy) is 1. The molecule has 0 aliphatic carbocycles. The van der Waals surface area contributed by atoms with Gasteiger partial charge >= 0.3 is 0 Å². The molecular weight excluding hydrogens is 292 g/mol. The van der Waals surface area contributed by atoms with Gasteiger partial charge in [0.1, 0.15) is 15.8 Å². The molecule has 0 fully saturated rings. The molecule has 0 spiro atoms. The Labute approximate surface area is 124 Å². The monoisotopic (exact) mass is 306 g/mol. The van der Waals surface area contributed by atoms with Gasteiger partial charge in [-0.05, 0) is 26.0 Å². The second-order valence-corrected chi connectivity index (χ2v) is 6.39. The van der Waals surface area contributed by atoms with E-state index in [4.69, 9.17) is 4.74 Å². The third-order valence-corrected chi connectivity index (χ3v) is 4.55. The summed E-state index contributed by atoms with van der Waals surface area (Å²) in [5.74, 6) is 1.64. The zero-order chi connectivity index (χ0) is 13.9. The van der Waals surface area contributed by atoms with Gasteiger partial charge in [0.15, 0.2) is 5.16 Å². The topological polar surface area (TPSA) is 63.7 Å². The molecule has 0 saturated carbocycles. The average Bonchev–Trinajstić information content (AvgIpc) is 3.02. The van der Waals surface area contributed by atoms with E-state index in [2.05, 4.69) is 20.2 Å². The van der Waals surface area contributed by atoms with Gasteiger partial charge in [-0.15, -0.1) is 21.5 Å². The number of aryl methyl sites for hydroxylation is 1. The number of nitrogens with zero attached hydrogens (tertiary/aromatic N) is 3. The molecule has 0 atom stereocenters. The molecule has 3 aromatic rings. The van der Waals surface area contributed by atoms with Crippen LogP contribution in [0.4, 0.5) is 0 Å². The van der Waals surface area contributed by atoms with E-state index in [-0.39, 0.29) is 0 Å². The van der Waals surface area contributed by atoms with Gasteiger partial charge in [-0.25, -0.2) is 4.98 Å². The SMILES string of the molecule is CCOc1ccc2nc(SCc3nnc(C)s3)[nH]c2c1. The van der Waals surface area contributed by atoms with Crippen molar-refractivity contribution in [3.63, 3.8) is 0 Å². The standard InChI is InChI=1S/C13H14N4OS2/c1-3-18-9-4-5-10-11(6-9)15-13(14-10)19-7-12-17-16-8(2)20-12/h4-6H,3,7H2,1-2H3,(H,14,15). The van der Waals surface area contributed by atoms with E-state index in [0.717, 1.165) is 37.7 Å². The fraction of sp³-hybridized carbons (Fsp3) is 0.308. The second-order valence-electron chi connectivity index (χ2n) is 4.16. The Morgan fingerprint density at radius 1 is 1.35 bits per heavy atom. The summed E-state index contributed by atoms with van der Waals surface area (Å²) in [4.78, 5) is 7.84. The minimum atomic E-state index is 0.664. The number of aromatic amines is 1. The Morgan fingerprint density at radius 2 is 2.25 bits per heavy atom. The molecule has 5 nitrogen and oxygen atoms in total. The zero-order valence-corrected chi connectivity index (χ0v) is 12.8. The van der Waals surface area contributed by atoms with Gasteiger partial charge in [0, 0.05) is 6.07 Å². The first-order valence-corrected chi connectivity index (χ1v) is 8.09. The molecule has 0 saturated heterocycles. The summed E-state index contributed by atoms with van der Waals surface area (Å²) in [6.45, 7) is 4.60. The predicted octanol–water partition coefficient (Wildman–Crippen LogP) is 3.41. The molecule has 20 heavy (non-hydrogen) atoms. The lowest BCUT2D eigenvalue weighted by Crippen LogP contribution is -1.90. The molecule has 0 bridgehead atoms.